The van der Waals surface area contributed by atoms with E-state index in [9.17, 15) is 0 Å². The standard InChI is InChI=1S/C16H23BrN2O2/c1-4-7-21-16-14(17)8-13(9-15(16)20-3)11-19-6-5-18-12(2)10-19/h4,8-9,12,18H,1,5-7,10-11H2,2-3H3/t12-/m1/s1. The van der Waals surface area contributed by atoms with Gasteiger partial charge in [0, 0.05) is 32.2 Å². The van der Waals surface area contributed by atoms with Crippen LogP contribution in [-0.4, -0.2) is 44.3 Å². The maximum Gasteiger partial charge on any atom is 0.175 e. The highest BCUT2D eigenvalue weighted by Crippen LogP contribution is 2.37. The highest BCUT2D eigenvalue weighted by Gasteiger charge is 2.17. The van der Waals surface area contributed by atoms with Crippen LogP contribution >= 0.6 is 15.9 Å². The van der Waals surface area contributed by atoms with Gasteiger partial charge < -0.3 is 14.8 Å². The van der Waals surface area contributed by atoms with Crippen molar-refractivity contribution in [2.24, 2.45) is 0 Å². The Morgan fingerprint density at radius 3 is 3.00 bits per heavy atom. The number of benzene rings is 1. The highest BCUT2D eigenvalue weighted by molar-refractivity contribution is 9.10. The molecule has 1 aliphatic heterocycles. The lowest BCUT2D eigenvalue weighted by Gasteiger charge is -2.32. The van der Waals surface area contributed by atoms with E-state index in [0.29, 0.717) is 12.6 Å². The first-order chi connectivity index (χ1) is 10.1. The second-order valence-corrected chi connectivity index (χ2v) is 6.15. The van der Waals surface area contributed by atoms with E-state index in [2.05, 4.69) is 51.8 Å². The molecule has 4 nitrogen and oxygen atoms in total. The minimum absolute atomic E-state index is 0.462. The molecule has 1 aromatic rings. The van der Waals surface area contributed by atoms with Gasteiger partial charge in [0.25, 0.3) is 0 Å². The summed E-state index contributed by atoms with van der Waals surface area (Å²) in [5.74, 6) is 1.49. The van der Waals surface area contributed by atoms with E-state index in [-0.39, 0.29) is 0 Å². The average Bonchev–Trinajstić information content (AvgIpc) is 2.45. The van der Waals surface area contributed by atoms with Crippen molar-refractivity contribution in [2.45, 2.75) is 19.5 Å². The number of halogens is 1. The summed E-state index contributed by atoms with van der Waals surface area (Å²) < 4.78 is 12.0. The van der Waals surface area contributed by atoms with Crippen LogP contribution in [0.5, 0.6) is 11.5 Å². The second-order valence-electron chi connectivity index (χ2n) is 5.30. The molecule has 1 atom stereocenters. The highest BCUT2D eigenvalue weighted by atomic mass is 79.9. The molecule has 1 fully saturated rings. The molecular formula is C16H23BrN2O2. The van der Waals surface area contributed by atoms with Crippen molar-refractivity contribution in [3.8, 4) is 11.5 Å². The maximum absolute atomic E-state index is 5.66. The Hall–Kier alpha value is -1.04. The van der Waals surface area contributed by atoms with Crippen molar-refractivity contribution < 1.29 is 9.47 Å². The summed E-state index contributed by atoms with van der Waals surface area (Å²) in [7, 11) is 1.67. The van der Waals surface area contributed by atoms with Crippen LogP contribution < -0.4 is 14.8 Å². The zero-order chi connectivity index (χ0) is 15.2. The van der Waals surface area contributed by atoms with Crippen molar-refractivity contribution in [1.82, 2.24) is 10.2 Å². The van der Waals surface area contributed by atoms with Gasteiger partial charge in [0.15, 0.2) is 11.5 Å². The molecule has 1 saturated heterocycles. The molecule has 2 rings (SSSR count). The Balaban J connectivity index is 2.13. The lowest BCUT2D eigenvalue weighted by Crippen LogP contribution is -2.48. The SMILES string of the molecule is C=CCOc1c(Br)cc(CN2CCN[C@H](C)C2)cc1OC. The first-order valence-electron chi connectivity index (χ1n) is 7.20. The zero-order valence-corrected chi connectivity index (χ0v) is 14.3. The topological polar surface area (TPSA) is 33.7 Å². The van der Waals surface area contributed by atoms with Gasteiger partial charge >= 0.3 is 0 Å². The van der Waals surface area contributed by atoms with Crippen molar-refractivity contribution in [1.29, 1.82) is 0 Å². The number of hydrogen-bond donors (Lipinski definition) is 1. The van der Waals surface area contributed by atoms with Gasteiger partial charge in [-0.25, -0.2) is 0 Å². The third-order valence-electron chi connectivity index (χ3n) is 3.49. The van der Waals surface area contributed by atoms with Crippen LogP contribution in [0.25, 0.3) is 0 Å². The van der Waals surface area contributed by atoms with Crippen LogP contribution in [0.15, 0.2) is 29.3 Å². The van der Waals surface area contributed by atoms with E-state index in [1.807, 2.05) is 0 Å². The first-order valence-corrected chi connectivity index (χ1v) is 7.99. The quantitative estimate of drug-likeness (QED) is 0.796. The number of hydrogen-bond acceptors (Lipinski definition) is 4. The van der Waals surface area contributed by atoms with Crippen LogP contribution in [0.3, 0.4) is 0 Å². The summed E-state index contributed by atoms with van der Waals surface area (Å²) in [6, 6.07) is 4.70. The fraction of sp³-hybridized carbons (Fsp3) is 0.500. The van der Waals surface area contributed by atoms with E-state index >= 15 is 0 Å². The Morgan fingerprint density at radius 1 is 1.52 bits per heavy atom. The molecule has 0 amide bonds. The molecule has 5 heteroatoms. The summed E-state index contributed by atoms with van der Waals surface area (Å²) in [5, 5.41) is 3.46. The molecule has 1 heterocycles. The van der Waals surface area contributed by atoms with E-state index in [0.717, 1.165) is 42.2 Å². The molecule has 0 unspecified atom stereocenters. The number of methoxy groups -OCH3 is 1. The summed E-state index contributed by atoms with van der Waals surface area (Å²) >= 11 is 3.58. The largest absolute Gasteiger partial charge is 0.493 e. The van der Waals surface area contributed by atoms with Crippen molar-refractivity contribution in [3.63, 3.8) is 0 Å². The normalized spacial score (nSPS) is 19.3. The molecule has 1 N–H and O–H groups in total. The number of rotatable bonds is 6. The fourth-order valence-corrected chi connectivity index (χ4v) is 3.16. The molecule has 0 aliphatic carbocycles. The number of nitrogens with one attached hydrogen (secondary N) is 1. The molecule has 21 heavy (non-hydrogen) atoms. The molecule has 1 aromatic carbocycles. The first kappa shape index (κ1) is 16.3. The van der Waals surface area contributed by atoms with Crippen LogP contribution in [-0.2, 0) is 6.54 Å². The van der Waals surface area contributed by atoms with E-state index in [4.69, 9.17) is 9.47 Å². The van der Waals surface area contributed by atoms with E-state index < -0.39 is 0 Å². The molecule has 0 bridgehead atoms. The minimum Gasteiger partial charge on any atom is -0.493 e. The second kappa shape index (κ2) is 7.82. The van der Waals surface area contributed by atoms with Gasteiger partial charge in [-0.15, -0.1) is 0 Å². The molecule has 0 saturated carbocycles. The molecule has 1 aliphatic rings. The van der Waals surface area contributed by atoms with Crippen LogP contribution in [0.2, 0.25) is 0 Å². The summed E-state index contributed by atoms with van der Waals surface area (Å²) in [5.41, 5.74) is 1.22. The van der Waals surface area contributed by atoms with Crippen molar-refractivity contribution >= 4 is 15.9 Å². The van der Waals surface area contributed by atoms with Gasteiger partial charge in [0.1, 0.15) is 6.61 Å². The van der Waals surface area contributed by atoms with E-state index in [1.54, 1.807) is 13.2 Å². The predicted molar refractivity (Wildman–Crippen MR) is 89.1 cm³/mol. The average molecular weight is 355 g/mol. The molecule has 0 spiro atoms. The Kier molecular flexibility index (Phi) is 6.08. The Morgan fingerprint density at radius 2 is 2.33 bits per heavy atom. The monoisotopic (exact) mass is 354 g/mol. The van der Waals surface area contributed by atoms with Crippen LogP contribution in [0.4, 0.5) is 0 Å². The lowest BCUT2D eigenvalue weighted by atomic mass is 10.1. The van der Waals surface area contributed by atoms with Crippen LogP contribution in [0, 0.1) is 0 Å². The summed E-state index contributed by atoms with van der Waals surface area (Å²) in [4.78, 5) is 2.45. The minimum atomic E-state index is 0.462. The van der Waals surface area contributed by atoms with Crippen LogP contribution in [0.1, 0.15) is 12.5 Å². The van der Waals surface area contributed by atoms with Gasteiger partial charge in [-0.1, -0.05) is 12.7 Å². The molecular weight excluding hydrogens is 332 g/mol. The number of piperazine rings is 1. The number of nitrogens with zero attached hydrogens (tertiary/aromatic N) is 1. The Bertz CT molecular complexity index is 493. The third kappa shape index (κ3) is 4.46. The third-order valence-corrected chi connectivity index (χ3v) is 4.08. The van der Waals surface area contributed by atoms with Gasteiger partial charge in [0.2, 0.25) is 0 Å². The Labute approximate surface area is 135 Å². The van der Waals surface area contributed by atoms with Gasteiger partial charge in [0.05, 0.1) is 11.6 Å². The predicted octanol–water partition coefficient (Wildman–Crippen LogP) is 2.82. The van der Waals surface area contributed by atoms with Crippen molar-refractivity contribution in [3.05, 3.63) is 34.8 Å². The molecule has 0 radical (unpaired) electrons. The van der Waals surface area contributed by atoms with Gasteiger partial charge in [-0.2, -0.15) is 0 Å². The van der Waals surface area contributed by atoms with Gasteiger partial charge in [-0.05, 0) is 40.5 Å². The van der Waals surface area contributed by atoms with Gasteiger partial charge in [-0.3, -0.25) is 4.90 Å². The molecule has 0 aromatic heterocycles. The number of ether oxygens (including phenoxy) is 2. The van der Waals surface area contributed by atoms with Crippen molar-refractivity contribution in [2.75, 3.05) is 33.4 Å². The van der Waals surface area contributed by atoms with E-state index in [1.165, 1.54) is 5.56 Å². The maximum atomic E-state index is 5.66. The zero-order valence-electron chi connectivity index (χ0n) is 12.7. The fourth-order valence-electron chi connectivity index (χ4n) is 2.56. The summed E-state index contributed by atoms with van der Waals surface area (Å²) in [6.45, 7) is 10.4. The molecule has 116 valence electrons. The summed E-state index contributed by atoms with van der Waals surface area (Å²) in [6.07, 6.45) is 1.72. The lowest BCUT2D eigenvalue weighted by molar-refractivity contribution is 0.199. The smallest absolute Gasteiger partial charge is 0.175 e.